The van der Waals surface area contributed by atoms with Gasteiger partial charge < -0.3 is 5.11 Å². The lowest BCUT2D eigenvalue weighted by atomic mass is 10.1. The number of hydrogen-bond donors (Lipinski definition) is 2. The van der Waals surface area contributed by atoms with Crippen LogP contribution in [-0.2, 0) is 4.79 Å². The molecule has 0 aliphatic rings. The van der Waals surface area contributed by atoms with Crippen molar-refractivity contribution in [2.45, 2.75) is 5.25 Å². The summed E-state index contributed by atoms with van der Waals surface area (Å²) in [5.41, 5.74) is 2.18. The van der Waals surface area contributed by atoms with Gasteiger partial charge in [-0.05, 0) is 29.8 Å². The number of halogens is 2. The number of benzene rings is 2. The summed E-state index contributed by atoms with van der Waals surface area (Å²) in [5.74, 6) is -1.41. The predicted octanol–water partition coefficient (Wildman–Crippen LogP) is 5.33. The molecule has 1 heterocycles. The Bertz CT molecular complexity index is 816. The smallest absolute Gasteiger partial charge is 0.323 e. The van der Waals surface area contributed by atoms with Crippen molar-refractivity contribution in [3.8, 4) is 21.7 Å². The SMILES string of the molecule is O=C(O)C(S)c1nc(-c2ccc(Cl)cc2)c(-c2ccc(F)cc2)s1. The molecule has 1 aromatic heterocycles. The highest BCUT2D eigenvalue weighted by Gasteiger charge is 2.23. The summed E-state index contributed by atoms with van der Waals surface area (Å²) in [6.07, 6.45) is 0. The van der Waals surface area contributed by atoms with E-state index in [-0.39, 0.29) is 5.82 Å². The van der Waals surface area contributed by atoms with Crippen molar-refractivity contribution in [2.75, 3.05) is 0 Å². The lowest BCUT2D eigenvalue weighted by Crippen LogP contribution is -2.04. The molecule has 0 amide bonds. The maximum absolute atomic E-state index is 13.2. The van der Waals surface area contributed by atoms with Gasteiger partial charge in [0.15, 0.2) is 5.25 Å². The lowest BCUT2D eigenvalue weighted by Gasteiger charge is -2.03. The topological polar surface area (TPSA) is 50.2 Å². The Morgan fingerprint density at radius 1 is 1.12 bits per heavy atom. The van der Waals surface area contributed by atoms with Gasteiger partial charge in [0.1, 0.15) is 10.8 Å². The highest BCUT2D eigenvalue weighted by atomic mass is 35.5. The number of aliphatic carboxylic acids is 1. The number of carboxylic acid groups (broad SMARTS) is 1. The molecule has 0 aliphatic carbocycles. The van der Waals surface area contributed by atoms with Crippen LogP contribution in [0.25, 0.3) is 21.7 Å². The summed E-state index contributed by atoms with van der Waals surface area (Å²) in [5, 5.41) is 9.12. The summed E-state index contributed by atoms with van der Waals surface area (Å²) >= 11 is 11.3. The summed E-state index contributed by atoms with van der Waals surface area (Å²) in [6.45, 7) is 0. The van der Waals surface area contributed by atoms with E-state index in [1.165, 1.54) is 23.5 Å². The zero-order chi connectivity index (χ0) is 17.3. The van der Waals surface area contributed by atoms with Gasteiger partial charge in [-0.1, -0.05) is 35.9 Å². The molecule has 1 N–H and O–H groups in total. The number of aromatic nitrogens is 1. The highest BCUT2D eigenvalue weighted by Crippen LogP contribution is 2.40. The molecule has 3 nitrogen and oxygen atoms in total. The molecule has 1 unspecified atom stereocenters. The Hall–Kier alpha value is -1.89. The van der Waals surface area contributed by atoms with Crippen LogP contribution in [0.5, 0.6) is 0 Å². The first kappa shape index (κ1) is 17.0. The number of thiazole rings is 1. The molecule has 0 fully saturated rings. The van der Waals surface area contributed by atoms with Crippen LogP contribution in [-0.4, -0.2) is 16.1 Å². The van der Waals surface area contributed by atoms with Gasteiger partial charge in [-0.3, -0.25) is 4.79 Å². The fourth-order valence-electron chi connectivity index (χ4n) is 2.16. The number of hydrogen-bond acceptors (Lipinski definition) is 4. The number of thiol groups is 1. The molecule has 0 saturated heterocycles. The Morgan fingerprint density at radius 2 is 1.71 bits per heavy atom. The van der Waals surface area contributed by atoms with Crippen molar-refractivity contribution >= 4 is 41.5 Å². The van der Waals surface area contributed by atoms with E-state index in [1.807, 2.05) is 12.1 Å². The maximum Gasteiger partial charge on any atom is 0.323 e. The van der Waals surface area contributed by atoms with Crippen molar-refractivity contribution in [2.24, 2.45) is 0 Å². The first-order valence-corrected chi connectivity index (χ1v) is 8.60. The zero-order valence-electron chi connectivity index (χ0n) is 12.1. The Balaban J connectivity index is 2.16. The largest absolute Gasteiger partial charge is 0.480 e. The molecule has 0 radical (unpaired) electrons. The van der Waals surface area contributed by atoms with Gasteiger partial charge in [0.25, 0.3) is 0 Å². The molecular formula is C17H11ClFNO2S2. The monoisotopic (exact) mass is 379 g/mol. The minimum Gasteiger partial charge on any atom is -0.480 e. The van der Waals surface area contributed by atoms with E-state index in [1.54, 1.807) is 24.3 Å². The standard InChI is InChI=1S/C17H11ClFNO2S2/c18-11-5-1-9(2-6-11)13-15(10-3-7-12(19)8-4-10)24-16(20-13)14(23)17(21)22/h1-8,14,23H,(H,21,22). The van der Waals surface area contributed by atoms with E-state index < -0.39 is 11.2 Å². The maximum atomic E-state index is 13.2. The molecule has 0 spiro atoms. The van der Waals surface area contributed by atoms with Gasteiger partial charge >= 0.3 is 5.97 Å². The van der Waals surface area contributed by atoms with Crippen LogP contribution in [0, 0.1) is 5.82 Å². The molecule has 0 saturated carbocycles. The van der Waals surface area contributed by atoms with E-state index >= 15 is 0 Å². The Kier molecular flexibility index (Phi) is 4.89. The molecule has 3 aromatic rings. The molecular weight excluding hydrogens is 369 g/mol. The van der Waals surface area contributed by atoms with Gasteiger partial charge in [0.05, 0.1) is 10.6 Å². The van der Waals surface area contributed by atoms with E-state index in [9.17, 15) is 14.3 Å². The van der Waals surface area contributed by atoms with Crippen molar-refractivity contribution in [1.82, 2.24) is 4.98 Å². The summed E-state index contributed by atoms with van der Waals surface area (Å²) in [7, 11) is 0. The zero-order valence-corrected chi connectivity index (χ0v) is 14.6. The van der Waals surface area contributed by atoms with Crippen LogP contribution in [0.4, 0.5) is 4.39 Å². The fourth-order valence-corrected chi connectivity index (χ4v) is 3.57. The third-order valence-corrected chi connectivity index (χ3v) is 5.40. The predicted molar refractivity (Wildman–Crippen MR) is 97.3 cm³/mol. The van der Waals surface area contributed by atoms with Crippen LogP contribution < -0.4 is 0 Å². The summed E-state index contributed by atoms with van der Waals surface area (Å²) in [6, 6.07) is 13.1. The van der Waals surface area contributed by atoms with Crippen LogP contribution in [0.2, 0.25) is 5.02 Å². The molecule has 1 atom stereocenters. The fraction of sp³-hybridized carbons (Fsp3) is 0.0588. The van der Waals surface area contributed by atoms with E-state index in [0.29, 0.717) is 15.7 Å². The van der Waals surface area contributed by atoms with Crippen molar-refractivity contribution < 1.29 is 14.3 Å². The highest BCUT2D eigenvalue weighted by molar-refractivity contribution is 7.81. The average Bonchev–Trinajstić information content (AvgIpc) is 3.00. The van der Waals surface area contributed by atoms with Gasteiger partial charge in [0.2, 0.25) is 0 Å². The third kappa shape index (κ3) is 3.45. The molecule has 0 aliphatic heterocycles. The second-order valence-corrected chi connectivity index (χ2v) is 6.97. The minimum absolute atomic E-state index is 0.339. The molecule has 122 valence electrons. The number of nitrogens with zero attached hydrogens (tertiary/aromatic N) is 1. The molecule has 0 bridgehead atoms. The second kappa shape index (κ2) is 6.93. The quantitative estimate of drug-likeness (QED) is 0.603. The van der Waals surface area contributed by atoms with Gasteiger partial charge in [0, 0.05) is 10.6 Å². The third-order valence-electron chi connectivity index (χ3n) is 3.34. The van der Waals surface area contributed by atoms with Crippen LogP contribution >= 0.6 is 35.6 Å². The second-order valence-electron chi connectivity index (χ2n) is 4.98. The van der Waals surface area contributed by atoms with Gasteiger partial charge in [-0.2, -0.15) is 12.6 Å². The van der Waals surface area contributed by atoms with Crippen LogP contribution in [0.1, 0.15) is 10.3 Å². The summed E-state index contributed by atoms with van der Waals surface area (Å²) < 4.78 is 13.2. The molecule has 3 rings (SSSR count). The first-order chi connectivity index (χ1) is 11.5. The minimum atomic E-state index is -1.07. The molecule has 7 heteroatoms. The van der Waals surface area contributed by atoms with Crippen LogP contribution in [0.3, 0.4) is 0 Å². The van der Waals surface area contributed by atoms with E-state index in [0.717, 1.165) is 16.0 Å². The number of rotatable bonds is 4. The van der Waals surface area contributed by atoms with Gasteiger partial charge in [-0.25, -0.2) is 9.37 Å². The molecule has 24 heavy (non-hydrogen) atoms. The number of carbonyl (C=O) groups is 1. The van der Waals surface area contributed by atoms with Crippen molar-refractivity contribution in [3.63, 3.8) is 0 Å². The van der Waals surface area contributed by atoms with Crippen molar-refractivity contribution in [1.29, 1.82) is 0 Å². The lowest BCUT2D eigenvalue weighted by molar-refractivity contribution is -0.136. The first-order valence-electron chi connectivity index (χ1n) is 6.89. The van der Waals surface area contributed by atoms with Crippen LogP contribution in [0.15, 0.2) is 48.5 Å². The Labute approximate surface area is 152 Å². The normalized spacial score (nSPS) is 12.1. The summed E-state index contributed by atoms with van der Waals surface area (Å²) in [4.78, 5) is 16.4. The van der Waals surface area contributed by atoms with Crippen molar-refractivity contribution in [3.05, 3.63) is 64.4 Å². The molecule has 2 aromatic carbocycles. The van der Waals surface area contributed by atoms with Gasteiger partial charge in [-0.15, -0.1) is 11.3 Å². The Morgan fingerprint density at radius 3 is 2.29 bits per heavy atom. The average molecular weight is 380 g/mol. The van der Waals surface area contributed by atoms with E-state index in [4.69, 9.17) is 11.6 Å². The van der Waals surface area contributed by atoms with E-state index in [2.05, 4.69) is 17.6 Å². The number of carboxylic acids is 1.